The van der Waals surface area contributed by atoms with Gasteiger partial charge >= 0.3 is 0 Å². The normalized spacial score (nSPS) is 29.0. The van der Waals surface area contributed by atoms with E-state index in [9.17, 15) is 4.79 Å². The molecule has 27 heavy (non-hydrogen) atoms. The van der Waals surface area contributed by atoms with Crippen LogP contribution in [0.1, 0.15) is 32.1 Å². The molecule has 1 saturated carbocycles. The molecule has 3 heterocycles. The first-order chi connectivity index (χ1) is 13.3. The third kappa shape index (κ3) is 3.41. The Labute approximate surface area is 158 Å². The summed E-state index contributed by atoms with van der Waals surface area (Å²) in [5.74, 6) is 0.975. The summed E-state index contributed by atoms with van der Waals surface area (Å²) >= 11 is 0. The number of amides is 1. The highest BCUT2D eigenvalue weighted by Gasteiger charge is 2.35. The number of benzene rings is 1. The van der Waals surface area contributed by atoms with Crippen LogP contribution in [0.25, 0.3) is 11.1 Å². The van der Waals surface area contributed by atoms with E-state index in [4.69, 9.17) is 4.42 Å². The van der Waals surface area contributed by atoms with Gasteiger partial charge in [-0.05, 0) is 50.2 Å². The first kappa shape index (κ1) is 17.0. The lowest BCUT2D eigenvalue weighted by molar-refractivity contribution is -0.126. The number of aromatic nitrogens is 1. The molecular weight excluding hydrogens is 342 g/mol. The summed E-state index contributed by atoms with van der Waals surface area (Å²) in [5.41, 5.74) is 8.30. The number of para-hydroxylation sites is 2. The van der Waals surface area contributed by atoms with Crippen molar-refractivity contribution in [2.24, 2.45) is 11.8 Å². The molecule has 3 fully saturated rings. The van der Waals surface area contributed by atoms with Gasteiger partial charge in [-0.15, -0.1) is 0 Å². The van der Waals surface area contributed by atoms with Crippen LogP contribution in [0.3, 0.4) is 0 Å². The predicted octanol–water partition coefficient (Wildman–Crippen LogP) is 1.81. The molecule has 5 rings (SSSR count). The first-order valence-corrected chi connectivity index (χ1v) is 10.2. The van der Waals surface area contributed by atoms with Gasteiger partial charge in [0.2, 0.25) is 5.91 Å². The lowest BCUT2D eigenvalue weighted by Crippen LogP contribution is -2.47. The average Bonchev–Trinajstić information content (AvgIpc) is 3.34. The average molecular weight is 369 g/mol. The standard InChI is InChI=1S/C20H27N5O2/c26-19(22-15-5-6-16-14(11-15)12-21-24-16)13-7-9-25(10-8-13)20-23-17-3-1-2-4-18(17)27-20/h1-4,13-16,21,24H,5-12H2,(H,22,26). The molecule has 3 atom stereocenters. The van der Waals surface area contributed by atoms with Gasteiger partial charge in [-0.2, -0.15) is 4.98 Å². The molecule has 1 aromatic heterocycles. The fraction of sp³-hybridized carbons (Fsp3) is 0.600. The van der Waals surface area contributed by atoms with Crippen molar-refractivity contribution in [2.75, 3.05) is 24.5 Å². The number of fused-ring (bicyclic) bond motifs is 2. The van der Waals surface area contributed by atoms with Crippen LogP contribution in [0.2, 0.25) is 0 Å². The second-order valence-corrected chi connectivity index (χ2v) is 8.14. The molecule has 0 spiro atoms. The Morgan fingerprint density at radius 3 is 2.89 bits per heavy atom. The van der Waals surface area contributed by atoms with Crippen LogP contribution < -0.4 is 21.1 Å². The van der Waals surface area contributed by atoms with Gasteiger partial charge in [-0.1, -0.05) is 12.1 Å². The van der Waals surface area contributed by atoms with Crippen molar-refractivity contribution < 1.29 is 9.21 Å². The second-order valence-electron chi connectivity index (χ2n) is 8.14. The molecule has 1 aromatic carbocycles. The predicted molar refractivity (Wildman–Crippen MR) is 103 cm³/mol. The number of hydrazine groups is 1. The molecule has 2 aromatic rings. The molecule has 1 aliphatic carbocycles. The van der Waals surface area contributed by atoms with E-state index in [1.54, 1.807) is 0 Å². The van der Waals surface area contributed by atoms with Gasteiger partial charge < -0.3 is 14.6 Å². The Bertz CT molecular complexity index is 781. The van der Waals surface area contributed by atoms with Crippen molar-refractivity contribution >= 4 is 23.0 Å². The zero-order valence-electron chi connectivity index (χ0n) is 15.5. The Kier molecular flexibility index (Phi) is 4.49. The van der Waals surface area contributed by atoms with E-state index in [1.165, 1.54) is 0 Å². The lowest BCUT2D eigenvalue weighted by atomic mass is 9.82. The van der Waals surface area contributed by atoms with Crippen LogP contribution in [-0.4, -0.2) is 42.6 Å². The smallest absolute Gasteiger partial charge is 0.298 e. The van der Waals surface area contributed by atoms with Crippen LogP contribution in [0.5, 0.6) is 0 Å². The number of nitrogens with one attached hydrogen (secondary N) is 3. The van der Waals surface area contributed by atoms with Crippen LogP contribution in [0, 0.1) is 11.8 Å². The van der Waals surface area contributed by atoms with Crippen LogP contribution >= 0.6 is 0 Å². The molecule has 0 radical (unpaired) electrons. The van der Waals surface area contributed by atoms with Gasteiger partial charge in [0.1, 0.15) is 5.52 Å². The minimum Gasteiger partial charge on any atom is -0.423 e. The van der Waals surface area contributed by atoms with E-state index in [0.717, 1.165) is 62.8 Å². The van der Waals surface area contributed by atoms with E-state index in [2.05, 4.69) is 26.1 Å². The van der Waals surface area contributed by atoms with E-state index in [0.29, 0.717) is 24.0 Å². The van der Waals surface area contributed by atoms with E-state index in [-0.39, 0.29) is 11.8 Å². The largest absolute Gasteiger partial charge is 0.423 e. The molecule has 144 valence electrons. The van der Waals surface area contributed by atoms with Crippen LogP contribution in [0.15, 0.2) is 28.7 Å². The summed E-state index contributed by atoms with van der Waals surface area (Å²) in [5, 5.41) is 3.33. The quantitative estimate of drug-likeness (QED) is 0.765. The molecular formula is C20H27N5O2. The van der Waals surface area contributed by atoms with Gasteiger partial charge in [0.05, 0.1) is 0 Å². The molecule has 2 aliphatic heterocycles. The third-order valence-electron chi connectivity index (χ3n) is 6.40. The van der Waals surface area contributed by atoms with Crippen LogP contribution in [0.4, 0.5) is 6.01 Å². The van der Waals surface area contributed by atoms with Crippen molar-refractivity contribution in [3.8, 4) is 0 Å². The molecule has 1 amide bonds. The van der Waals surface area contributed by atoms with E-state index in [1.807, 2.05) is 24.3 Å². The van der Waals surface area contributed by atoms with Crippen molar-refractivity contribution in [1.82, 2.24) is 21.2 Å². The fourth-order valence-corrected chi connectivity index (χ4v) is 4.78. The zero-order chi connectivity index (χ0) is 18.2. The minimum atomic E-state index is 0.100. The highest BCUT2D eigenvalue weighted by molar-refractivity contribution is 5.79. The van der Waals surface area contributed by atoms with Gasteiger partial charge in [0.25, 0.3) is 6.01 Å². The van der Waals surface area contributed by atoms with Gasteiger partial charge in [-0.3, -0.25) is 15.6 Å². The molecule has 7 nitrogen and oxygen atoms in total. The van der Waals surface area contributed by atoms with Crippen molar-refractivity contribution in [2.45, 2.75) is 44.2 Å². The van der Waals surface area contributed by atoms with E-state index < -0.39 is 0 Å². The lowest BCUT2D eigenvalue weighted by Gasteiger charge is -2.34. The summed E-state index contributed by atoms with van der Waals surface area (Å²) in [4.78, 5) is 19.5. The van der Waals surface area contributed by atoms with Crippen molar-refractivity contribution in [1.29, 1.82) is 0 Å². The number of carbonyl (C=O) groups excluding carboxylic acids is 1. The van der Waals surface area contributed by atoms with Gasteiger partial charge in [0, 0.05) is 37.6 Å². The molecule has 7 heteroatoms. The minimum absolute atomic E-state index is 0.100. The highest BCUT2D eigenvalue weighted by Crippen LogP contribution is 2.29. The molecule has 3 N–H and O–H groups in total. The zero-order valence-corrected chi connectivity index (χ0v) is 15.5. The maximum Gasteiger partial charge on any atom is 0.298 e. The fourth-order valence-electron chi connectivity index (χ4n) is 4.78. The number of rotatable bonds is 3. The molecule has 3 unspecified atom stereocenters. The second kappa shape index (κ2) is 7.13. The number of anilines is 1. The number of piperidine rings is 1. The van der Waals surface area contributed by atoms with Gasteiger partial charge in [0.15, 0.2) is 5.58 Å². The SMILES string of the molecule is O=C(NC1CCC2NNCC2C1)C1CCN(c2nc3ccccc3o2)CC1. The molecule has 2 saturated heterocycles. The number of nitrogens with zero attached hydrogens (tertiary/aromatic N) is 2. The molecule has 3 aliphatic rings. The topological polar surface area (TPSA) is 82.4 Å². The van der Waals surface area contributed by atoms with Crippen molar-refractivity contribution in [3.05, 3.63) is 24.3 Å². The summed E-state index contributed by atoms with van der Waals surface area (Å²) in [6.07, 6.45) is 5.00. The Balaban J connectivity index is 1.15. The number of carbonyl (C=O) groups is 1. The summed E-state index contributed by atoms with van der Waals surface area (Å²) in [6, 6.07) is 9.42. The Morgan fingerprint density at radius 1 is 1.19 bits per heavy atom. The summed E-state index contributed by atoms with van der Waals surface area (Å²) in [7, 11) is 0. The van der Waals surface area contributed by atoms with Gasteiger partial charge in [-0.25, -0.2) is 0 Å². The first-order valence-electron chi connectivity index (χ1n) is 10.2. The van der Waals surface area contributed by atoms with E-state index >= 15 is 0 Å². The summed E-state index contributed by atoms with van der Waals surface area (Å²) in [6.45, 7) is 2.64. The third-order valence-corrected chi connectivity index (χ3v) is 6.40. The molecule has 0 bridgehead atoms. The monoisotopic (exact) mass is 369 g/mol. The number of hydrogen-bond donors (Lipinski definition) is 3. The Morgan fingerprint density at radius 2 is 2.04 bits per heavy atom. The van der Waals surface area contributed by atoms with Crippen molar-refractivity contribution in [3.63, 3.8) is 0 Å². The van der Waals surface area contributed by atoms with Crippen LogP contribution in [-0.2, 0) is 4.79 Å². The summed E-state index contributed by atoms with van der Waals surface area (Å²) < 4.78 is 5.87. The maximum absolute atomic E-state index is 12.7. The Hall–Kier alpha value is -2.12. The highest BCUT2D eigenvalue weighted by atomic mass is 16.4. The number of hydrogen-bond acceptors (Lipinski definition) is 6. The maximum atomic E-state index is 12.7. The number of oxazole rings is 1.